The van der Waals surface area contributed by atoms with E-state index in [9.17, 15) is 4.79 Å². The molecule has 0 aromatic heterocycles. The van der Waals surface area contributed by atoms with Gasteiger partial charge >= 0.3 is 0 Å². The second kappa shape index (κ2) is 5.83. The second-order valence-corrected chi connectivity index (χ2v) is 4.97. The Balaban J connectivity index is 2.85. The summed E-state index contributed by atoms with van der Waals surface area (Å²) in [5, 5.41) is 0. The van der Waals surface area contributed by atoms with Gasteiger partial charge < -0.3 is 0 Å². The topological polar surface area (TPSA) is 17.1 Å². The van der Waals surface area contributed by atoms with Crippen LogP contribution in [0.2, 0.25) is 0 Å². The molecule has 1 nitrogen and oxygen atoms in total. The molecule has 0 fully saturated rings. The van der Waals surface area contributed by atoms with Crippen LogP contribution in [0.5, 0.6) is 0 Å². The van der Waals surface area contributed by atoms with E-state index < -0.39 is 0 Å². The molecule has 88 valence electrons. The molecule has 1 atom stereocenters. The van der Waals surface area contributed by atoms with E-state index in [0.717, 1.165) is 18.4 Å². The highest BCUT2D eigenvalue weighted by Gasteiger charge is 2.13. The van der Waals surface area contributed by atoms with Crippen LogP contribution in [-0.4, -0.2) is 5.78 Å². The third-order valence-corrected chi connectivity index (χ3v) is 2.92. The molecular weight excluding hydrogens is 196 g/mol. The van der Waals surface area contributed by atoms with Crippen molar-refractivity contribution in [1.29, 1.82) is 0 Å². The number of ketones is 1. The molecule has 0 heterocycles. The number of rotatable bonds is 5. The van der Waals surface area contributed by atoms with E-state index in [-0.39, 0.29) is 11.7 Å². The molecule has 0 N–H and O–H groups in total. The number of hydrogen-bond acceptors (Lipinski definition) is 1. The van der Waals surface area contributed by atoms with Gasteiger partial charge in [0.05, 0.1) is 0 Å². The first-order chi connectivity index (χ1) is 7.54. The maximum absolute atomic E-state index is 12.0. The molecule has 1 aromatic rings. The quantitative estimate of drug-likeness (QED) is 0.680. The summed E-state index contributed by atoms with van der Waals surface area (Å²) in [5.41, 5.74) is 2.14. The maximum Gasteiger partial charge on any atom is 0.165 e. The molecule has 0 radical (unpaired) electrons. The fraction of sp³-hybridized carbons (Fsp3) is 0.533. The second-order valence-electron chi connectivity index (χ2n) is 4.97. The lowest BCUT2D eigenvalue weighted by atomic mass is 9.94. The smallest absolute Gasteiger partial charge is 0.165 e. The van der Waals surface area contributed by atoms with Crippen LogP contribution in [-0.2, 0) is 6.42 Å². The summed E-state index contributed by atoms with van der Waals surface area (Å²) < 4.78 is 0. The molecule has 1 rings (SSSR count). The van der Waals surface area contributed by atoms with Crippen molar-refractivity contribution in [3.8, 4) is 0 Å². The van der Waals surface area contributed by atoms with Gasteiger partial charge in [0.2, 0.25) is 0 Å². The fourth-order valence-electron chi connectivity index (χ4n) is 1.79. The number of carbonyl (C=O) groups excluding carboxylic acids is 1. The number of hydrogen-bond donors (Lipinski definition) is 0. The highest BCUT2D eigenvalue weighted by Crippen LogP contribution is 2.15. The van der Waals surface area contributed by atoms with Gasteiger partial charge in [0.15, 0.2) is 5.78 Å². The molecular formula is C15H22O. The highest BCUT2D eigenvalue weighted by atomic mass is 16.1. The Labute approximate surface area is 98.9 Å². The van der Waals surface area contributed by atoms with Crippen molar-refractivity contribution < 1.29 is 4.79 Å². The Hall–Kier alpha value is -1.11. The molecule has 1 unspecified atom stereocenters. The van der Waals surface area contributed by atoms with Crippen LogP contribution < -0.4 is 0 Å². The van der Waals surface area contributed by atoms with Gasteiger partial charge in [0, 0.05) is 11.5 Å². The molecule has 16 heavy (non-hydrogen) atoms. The van der Waals surface area contributed by atoms with Crippen LogP contribution in [0.25, 0.3) is 0 Å². The van der Waals surface area contributed by atoms with Gasteiger partial charge in [-0.15, -0.1) is 0 Å². The molecule has 0 bridgehead atoms. The molecule has 1 aromatic carbocycles. The lowest BCUT2D eigenvalue weighted by molar-refractivity contribution is 0.0927. The molecule has 0 spiro atoms. The Morgan fingerprint density at radius 2 is 1.94 bits per heavy atom. The van der Waals surface area contributed by atoms with E-state index >= 15 is 0 Å². The standard InChI is InChI=1S/C15H22O/c1-5-12(4)15(16)14-8-6-7-13(10-14)9-11(2)3/h6-8,10-12H,5,9H2,1-4H3. The average molecular weight is 218 g/mol. The predicted octanol–water partition coefficient (Wildman–Crippen LogP) is 4.11. The summed E-state index contributed by atoms with van der Waals surface area (Å²) in [4.78, 5) is 12.0. The van der Waals surface area contributed by atoms with E-state index in [4.69, 9.17) is 0 Å². The Bertz CT molecular complexity index is 352. The Morgan fingerprint density at radius 3 is 2.50 bits per heavy atom. The van der Waals surface area contributed by atoms with Crippen molar-refractivity contribution in [2.45, 2.75) is 40.5 Å². The van der Waals surface area contributed by atoms with Crippen LogP contribution in [0.4, 0.5) is 0 Å². The number of Topliss-reactive ketones (excluding diaryl/α,β-unsaturated/α-hetero) is 1. The van der Waals surface area contributed by atoms with Crippen LogP contribution in [0, 0.1) is 11.8 Å². The molecule has 0 aliphatic carbocycles. The number of carbonyl (C=O) groups is 1. The third kappa shape index (κ3) is 3.48. The van der Waals surface area contributed by atoms with Gasteiger partial charge in [-0.3, -0.25) is 4.79 Å². The SMILES string of the molecule is CCC(C)C(=O)c1cccc(CC(C)C)c1. The van der Waals surface area contributed by atoms with Gasteiger partial charge in [-0.25, -0.2) is 0 Å². The normalized spacial score (nSPS) is 12.8. The van der Waals surface area contributed by atoms with E-state index in [2.05, 4.69) is 32.9 Å². The number of benzene rings is 1. The fourth-order valence-corrected chi connectivity index (χ4v) is 1.79. The summed E-state index contributed by atoms with van der Waals surface area (Å²) in [6, 6.07) is 8.08. The van der Waals surface area contributed by atoms with Crippen molar-refractivity contribution in [3.63, 3.8) is 0 Å². The molecule has 0 aliphatic heterocycles. The van der Waals surface area contributed by atoms with Crippen molar-refractivity contribution >= 4 is 5.78 Å². The molecule has 0 aliphatic rings. The van der Waals surface area contributed by atoms with Crippen molar-refractivity contribution in [2.75, 3.05) is 0 Å². The zero-order chi connectivity index (χ0) is 12.1. The highest BCUT2D eigenvalue weighted by molar-refractivity contribution is 5.97. The zero-order valence-corrected chi connectivity index (χ0v) is 10.8. The summed E-state index contributed by atoms with van der Waals surface area (Å²) >= 11 is 0. The first-order valence-corrected chi connectivity index (χ1v) is 6.17. The third-order valence-electron chi connectivity index (χ3n) is 2.92. The minimum atomic E-state index is 0.134. The van der Waals surface area contributed by atoms with Gasteiger partial charge in [0.25, 0.3) is 0 Å². The molecule has 0 saturated carbocycles. The Kier molecular flexibility index (Phi) is 4.72. The van der Waals surface area contributed by atoms with Gasteiger partial charge in [-0.1, -0.05) is 45.9 Å². The summed E-state index contributed by atoms with van der Waals surface area (Å²) in [6.07, 6.45) is 1.95. The first-order valence-electron chi connectivity index (χ1n) is 6.17. The van der Waals surface area contributed by atoms with Crippen molar-refractivity contribution in [1.82, 2.24) is 0 Å². The Morgan fingerprint density at radius 1 is 1.25 bits per heavy atom. The summed E-state index contributed by atoms with van der Waals surface area (Å²) in [7, 11) is 0. The molecule has 0 saturated heterocycles. The van der Waals surface area contributed by atoms with Gasteiger partial charge in [-0.2, -0.15) is 0 Å². The van der Waals surface area contributed by atoms with Crippen LogP contribution in [0.3, 0.4) is 0 Å². The van der Waals surface area contributed by atoms with Gasteiger partial charge in [-0.05, 0) is 30.4 Å². The lowest BCUT2D eigenvalue weighted by Gasteiger charge is -2.10. The van der Waals surface area contributed by atoms with E-state index in [1.165, 1.54) is 5.56 Å². The molecule has 0 amide bonds. The van der Waals surface area contributed by atoms with Gasteiger partial charge in [0.1, 0.15) is 0 Å². The van der Waals surface area contributed by atoms with Crippen LogP contribution >= 0.6 is 0 Å². The monoisotopic (exact) mass is 218 g/mol. The first kappa shape index (κ1) is 13.0. The van der Waals surface area contributed by atoms with Crippen LogP contribution in [0.1, 0.15) is 50.0 Å². The maximum atomic E-state index is 12.0. The summed E-state index contributed by atoms with van der Waals surface area (Å²) in [5.74, 6) is 1.04. The predicted molar refractivity (Wildman–Crippen MR) is 68.8 cm³/mol. The minimum Gasteiger partial charge on any atom is -0.294 e. The van der Waals surface area contributed by atoms with Crippen molar-refractivity contribution in [2.24, 2.45) is 11.8 Å². The van der Waals surface area contributed by atoms with E-state index in [1.54, 1.807) is 0 Å². The largest absolute Gasteiger partial charge is 0.294 e. The summed E-state index contributed by atoms with van der Waals surface area (Å²) in [6.45, 7) is 8.45. The average Bonchev–Trinajstić information content (AvgIpc) is 2.26. The zero-order valence-electron chi connectivity index (χ0n) is 10.8. The van der Waals surface area contributed by atoms with E-state index in [1.807, 2.05) is 19.1 Å². The molecule has 1 heteroatoms. The van der Waals surface area contributed by atoms with Crippen molar-refractivity contribution in [3.05, 3.63) is 35.4 Å². The van der Waals surface area contributed by atoms with Crippen LogP contribution in [0.15, 0.2) is 24.3 Å². The lowest BCUT2D eigenvalue weighted by Crippen LogP contribution is -2.10. The minimum absolute atomic E-state index is 0.134. The van der Waals surface area contributed by atoms with E-state index in [0.29, 0.717) is 5.92 Å².